The van der Waals surface area contributed by atoms with Crippen LogP contribution in [0.25, 0.3) is 5.65 Å². The molecule has 120 valence electrons. The van der Waals surface area contributed by atoms with E-state index in [2.05, 4.69) is 42.9 Å². The highest BCUT2D eigenvalue weighted by Crippen LogP contribution is 2.34. The van der Waals surface area contributed by atoms with Gasteiger partial charge in [0.05, 0.1) is 20.2 Å². The number of carbonyl (C=O) groups is 1. The van der Waals surface area contributed by atoms with Crippen LogP contribution in [0.5, 0.6) is 5.75 Å². The summed E-state index contributed by atoms with van der Waals surface area (Å²) in [5.41, 5.74) is 2.56. The number of halogens is 2. The quantitative estimate of drug-likeness (QED) is 0.608. The van der Waals surface area contributed by atoms with Gasteiger partial charge < -0.3 is 5.11 Å². The summed E-state index contributed by atoms with van der Waals surface area (Å²) in [6.07, 6.45) is 2.20. The Hall–Kier alpha value is -2.17. The molecule has 3 rings (SSSR count). The largest absolute Gasteiger partial charge is 0.506 e. The molecule has 0 spiro atoms. The second-order valence-corrected chi connectivity index (χ2v) is 6.84. The number of hydrogen-bond acceptors (Lipinski definition) is 4. The predicted octanol–water partition coefficient (Wildman–Crippen LogP) is 4.23. The Kier molecular flexibility index (Phi) is 4.43. The van der Waals surface area contributed by atoms with E-state index in [0.29, 0.717) is 43.5 Å². The molecule has 0 aliphatic rings. The van der Waals surface area contributed by atoms with Crippen LogP contribution in [0.15, 0.2) is 39.4 Å². The summed E-state index contributed by atoms with van der Waals surface area (Å²) in [4.78, 5) is 17.5. The fourth-order valence-corrected chi connectivity index (χ4v) is 3.67. The number of aromatic nitrogens is 2. The minimum atomic E-state index is -0.226. The summed E-state index contributed by atoms with van der Waals surface area (Å²) < 4.78 is 2.49. The molecule has 1 aromatic carbocycles. The van der Waals surface area contributed by atoms with Crippen molar-refractivity contribution in [3.63, 3.8) is 0 Å². The van der Waals surface area contributed by atoms with Gasteiger partial charge in [-0.3, -0.25) is 9.20 Å². The molecule has 0 saturated carbocycles. The standard InChI is InChI=1S/C17H11Br2N3O2/c1-2-13-15(22-8-9(7-20)3-4-14(22)21-13)16(23)10-5-11(18)17(24)12(19)6-10/h3-6,8,24H,2H2,1H3. The molecule has 2 heterocycles. The van der Waals surface area contributed by atoms with Gasteiger partial charge in [-0.2, -0.15) is 5.26 Å². The summed E-state index contributed by atoms with van der Waals surface area (Å²) in [5, 5.41) is 18.9. The minimum absolute atomic E-state index is 0.0344. The SMILES string of the molecule is CCc1nc2ccc(C#N)cn2c1C(=O)c1cc(Br)c(O)c(Br)c1. The molecule has 0 fully saturated rings. The number of carbonyl (C=O) groups excluding carboxylic acids is 1. The first-order valence-corrected chi connectivity index (χ1v) is 8.68. The topological polar surface area (TPSA) is 78.4 Å². The highest BCUT2D eigenvalue weighted by molar-refractivity contribution is 9.11. The first kappa shape index (κ1) is 16.7. The van der Waals surface area contributed by atoms with Crippen molar-refractivity contribution in [2.24, 2.45) is 0 Å². The summed E-state index contributed by atoms with van der Waals surface area (Å²) in [6.45, 7) is 1.92. The summed E-state index contributed by atoms with van der Waals surface area (Å²) in [6, 6.07) is 8.59. The lowest BCUT2D eigenvalue weighted by Gasteiger charge is -2.07. The molecule has 2 aromatic heterocycles. The Labute approximate surface area is 154 Å². The Balaban J connectivity index is 2.24. The number of imidazole rings is 1. The van der Waals surface area contributed by atoms with Gasteiger partial charge in [0.2, 0.25) is 5.78 Å². The van der Waals surface area contributed by atoms with Crippen molar-refractivity contribution >= 4 is 43.3 Å². The summed E-state index contributed by atoms with van der Waals surface area (Å²) in [5.74, 6) is -0.192. The molecule has 0 atom stereocenters. The molecule has 0 bridgehead atoms. The van der Waals surface area contributed by atoms with Gasteiger partial charge in [-0.15, -0.1) is 0 Å². The number of nitrogens with zero attached hydrogens (tertiary/aromatic N) is 3. The number of ketones is 1. The molecule has 3 aromatic rings. The second kappa shape index (κ2) is 6.38. The number of rotatable bonds is 3. The molecule has 0 aliphatic heterocycles. The maximum atomic E-state index is 13.0. The molecule has 1 N–H and O–H groups in total. The van der Waals surface area contributed by atoms with Crippen molar-refractivity contribution in [1.29, 1.82) is 5.26 Å². The van der Waals surface area contributed by atoms with Crippen molar-refractivity contribution in [3.8, 4) is 11.8 Å². The number of phenolic OH excluding ortho intramolecular Hbond substituents is 1. The summed E-state index contributed by atoms with van der Waals surface area (Å²) >= 11 is 6.48. The van der Waals surface area contributed by atoms with Crippen LogP contribution >= 0.6 is 31.9 Å². The van der Waals surface area contributed by atoms with E-state index in [1.165, 1.54) is 0 Å². The molecule has 0 saturated heterocycles. The molecular formula is C17H11Br2N3O2. The van der Waals surface area contributed by atoms with E-state index >= 15 is 0 Å². The lowest BCUT2D eigenvalue weighted by atomic mass is 10.1. The van der Waals surface area contributed by atoms with Crippen LogP contribution in [-0.2, 0) is 6.42 Å². The number of fused-ring (bicyclic) bond motifs is 1. The molecular weight excluding hydrogens is 438 g/mol. The number of phenols is 1. The Bertz CT molecular complexity index is 996. The Morgan fingerprint density at radius 1 is 1.33 bits per heavy atom. The average Bonchev–Trinajstić information content (AvgIpc) is 2.95. The highest BCUT2D eigenvalue weighted by Gasteiger charge is 2.21. The highest BCUT2D eigenvalue weighted by atomic mass is 79.9. The van der Waals surface area contributed by atoms with Crippen LogP contribution in [0, 0.1) is 11.3 Å². The fraction of sp³-hybridized carbons (Fsp3) is 0.118. The number of benzene rings is 1. The van der Waals surface area contributed by atoms with Crippen LogP contribution in [-0.4, -0.2) is 20.3 Å². The number of aromatic hydroxyl groups is 1. The van der Waals surface area contributed by atoms with E-state index < -0.39 is 0 Å². The molecule has 5 nitrogen and oxygen atoms in total. The monoisotopic (exact) mass is 447 g/mol. The molecule has 0 aliphatic carbocycles. The van der Waals surface area contributed by atoms with Gasteiger partial charge in [0.1, 0.15) is 23.2 Å². The van der Waals surface area contributed by atoms with Crippen molar-refractivity contribution in [2.45, 2.75) is 13.3 Å². The Morgan fingerprint density at radius 2 is 2.00 bits per heavy atom. The van der Waals surface area contributed by atoms with Gasteiger partial charge in [0.15, 0.2) is 0 Å². The average molecular weight is 449 g/mol. The third-order valence-corrected chi connectivity index (χ3v) is 4.86. The zero-order chi connectivity index (χ0) is 17.4. The van der Waals surface area contributed by atoms with Crippen molar-refractivity contribution in [3.05, 3.63) is 61.9 Å². The molecule has 0 radical (unpaired) electrons. The third-order valence-electron chi connectivity index (χ3n) is 3.65. The van der Waals surface area contributed by atoms with Gasteiger partial charge in [0.25, 0.3) is 0 Å². The van der Waals surface area contributed by atoms with Crippen LogP contribution in [0.3, 0.4) is 0 Å². The lowest BCUT2D eigenvalue weighted by molar-refractivity contribution is 0.103. The molecule has 0 amide bonds. The van der Waals surface area contributed by atoms with Gasteiger partial charge in [-0.1, -0.05) is 6.92 Å². The van der Waals surface area contributed by atoms with Crippen molar-refractivity contribution in [2.75, 3.05) is 0 Å². The molecule has 7 heteroatoms. The van der Waals surface area contributed by atoms with E-state index in [9.17, 15) is 9.90 Å². The van der Waals surface area contributed by atoms with Crippen molar-refractivity contribution < 1.29 is 9.90 Å². The number of aryl methyl sites for hydroxylation is 1. The normalized spacial score (nSPS) is 10.8. The van der Waals surface area contributed by atoms with Gasteiger partial charge in [-0.25, -0.2) is 4.98 Å². The molecule has 24 heavy (non-hydrogen) atoms. The lowest BCUT2D eigenvalue weighted by Crippen LogP contribution is -2.08. The first-order chi connectivity index (χ1) is 11.5. The predicted molar refractivity (Wildman–Crippen MR) is 96.2 cm³/mol. The van der Waals surface area contributed by atoms with E-state index in [-0.39, 0.29) is 11.5 Å². The van der Waals surface area contributed by atoms with E-state index in [1.54, 1.807) is 34.9 Å². The minimum Gasteiger partial charge on any atom is -0.506 e. The first-order valence-electron chi connectivity index (χ1n) is 7.10. The maximum absolute atomic E-state index is 13.0. The summed E-state index contributed by atoms with van der Waals surface area (Å²) in [7, 11) is 0. The van der Waals surface area contributed by atoms with E-state index in [1.807, 2.05) is 6.92 Å². The fourth-order valence-electron chi connectivity index (χ4n) is 2.48. The van der Waals surface area contributed by atoms with E-state index in [0.717, 1.165) is 0 Å². The van der Waals surface area contributed by atoms with Crippen LogP contribution < -0.4 is 0 Å². The zero-order valence-corrected chi connectivity index (χ0v) is 15.7. The van der Waals surface area contributed by atoms with Crippen LogP contribution in [0.1, 0.15) is 34.2 Å². The Morgan fingerprint density at radius 3 is 2.58 bits per heavy atom. The van der Waals surface area contributed by atoms with Crippen LogP contribution in [0.2, 0.25) is 0 Å². The third kappa shape index (κ3) is 2.72. The zero-order valence-electron chi connectivity index (χ0n) is 12.5. The van der Waals surface area contributed by atoms with Crippen molar-refractivity contribution in [1.82, 2.24) is 9.38 Å². The second-order valence-electron chi connectivity index (χ2n) is 5.14. The number of pyridine rings is 1. The van der Waals surface area contributed by atoms with Gasteiger partial charge in [0, 0.05) is 11.8 Å². The smallest absolute Gasteiger partial charge is 0.211 e. The maximum Gasteiger partial charge on any atom is 0.211 e. The number of nitriles is 1. The van der Waals surface area contributed by atoms with Gasteiger partial charge >= 0.3 is 0 Å². The molecule has 0 unspecified atom stereocenters. The van der Waals surface area contributed by atoms with Gasteiger partial charge in [-0.05, 0) is 62.5 Å². The van der Waals surface area contributed by atoms with E-state index in [4.69, 9.17) is 5.26 Å². The van der Waals surface area contributed by atoms with Crippen LogP contribution in [0.4, 0.5) is 0 Å². The number of hydrogen-bond donors (Lipinski definition) is 1.